The van der Waals surface area contributed by atoms with E-state index in [2.05, 4.69) is 41.3 Å². The summed E-state index contributed by atoms with van der Waals surface area (Å²) < 4.78 is 0. The molecule has 0 saturated carbocycles. The highest BCUT2D eigenvalue weighted by Crippen LogP contribution is 2.24. The van der Waals surface area contributed by atoms with Crippen molar-refractivity contribution in [2.45, 2.75) is 27.3 Å². The van der Waals surface area contributed by atoms with Gasteiger partial charge in [-0.25, -0.2) is 9.97 Å². The van der Waals surface area contributed by atoms with Crippen LogP contribution in [0.25, 0.3) is 0 Å². The molecule has 0 unspecified atom stereocenters. The van der Waals surface area contributed by atoms with E-state index in [9.17, 15) is 0 Å². The van der Waals surface area contributed by atoms with Crippen LogP contribution in [-0.2, 0) is 6.54 Å². The number of anilines is 2. The van der Waals surface area contributed by atoms with Crippen molar-refractivity contribution in [1.29, 1.82) is 0 Å². The fraction of sp³-hybridized carbons (Fsp3) is 0.375. The van der Waals surface area contributed by atoms with E-state index in [0.29, 0.717) is 0 Å². The smallest absolute Gasteiger partial charge is 0.229 e. The Labute approximate surface area is 120 Å². The maximum Gasteiger partial charge on any atom is 0.229 e. The van der Waals surface area contributed by atoms with Gasteiger partial charge in [0.2, 0.25) is 5.95 Å². The van der Waals surface area contributed by atoms with Crippen LogP contribution in [0, 0.1) is 13.8 Å². The molecule has 0 amide bonds. The van der Waals surface area contributed by atoms with Gasteiger partial charge in [-0.2, -0.15) is 0 Å². The van der Waals surface area contributed by atoms with Crippen LogP contribution in [0.5, 0.6) is 0 Å². The summed E-state index contributed by atoms with van der Waals surface area (Å²) in [5, 5.41) is 3.30. The molecule has 4 nitrogen and oxygen atoms in total. The van der Waals surface area contributed by atoms with Crippen LogP contribution in [0.2, 0.25) is 0 Å². The van der Waals surface area contributed by atoms with Crippen molar-refractivity contribution < 1.29 is 0 Å². The molecule has 1 aromatic heterocycles. The van der Waals surface area contributed by atoms with Gasteiger partial charge in [-0.1, -0.05) is 25.1 Å². The molecule has 0 atom stereocenters. The third-order valence-electron chi connectivity index (χ3n) is 3.41. The Balaban J connectivity index is 2.25. The van der Waals surface area contributed by atoms with Gasteiger partial charge >= 0.3 is 0 Å². The number of hydrogen-bond acceptors (Lipinski definition) is 4. The topological polar surface area (TPSA) is 41.1 Å². The fourth-order valence-corrected chi connectivity index (χ4v) is 2.12. The van der Waals surface area contributed by atoms with Gasteiger partial charge in [0.15, 0.2) is 0 Å². The second kappa shape index (κ2) is 6.48. The van der Waals surface area contributed by atoms with Crippen molar-refractivity contribution in [2.75, 3.05) is 18.5 Å². The lowest BCUT2D eigenvalue weighted by Crippen LogP contribution is -2.17. The Morgan fingerprint density at radius 1 is 1.20 bits per heavy atom. The average molecular weight is 270 g/mol. The highest BCUT2D eigenvalue weighted by molar-refractivity contribution is 5.60. The highest BCUT2D eigenvalue weighted by Gasteiger charge is 2.10. The van der Waals surface area contributed by atoms with Crippen molar-refractivity contribution in [3.63, 3.8) is 0 Å². The summed E-state index contributed by atoms with van der Waals surface area (Å²) in [7, 11) is 2.00. The first-order chi connectivity index (χ1) is 9.63. The summed E-state index contributed by atoms with van der Waals surface area (Å²) in [6.45, 7) is 7.99. The quantitative estimate of drug-likeness (QED) is 0.907. The molecule has 106 valence electrons. The Hall–Kier alpha value is -1.94. The first-order valence-corrected chi connectivity index (χ1v) is 6.96. The number of para-hydroxylation sites is 1. The average Bonchev–Trinajstić information content (AvgIpc) is 2.46. The lowest BCUT2D eigenvalue weighted by Gasteiger charge is -2.20. The second-order valence-corrected chi connectivity index (χ2v) is 4.91. The molecule has 0 aliphatic carbocycles. The SMILES string of the molecule is CCNCc1cnc(N(C)c2ccccc2C)nc1C. The molecule has 0 radical (unpaired) electrons. The molecule has 0 spiro atoms. The standard InChI is InChI=1S/C16H22N4/c1-5-17-10-14-11-18-16(19-13(14)3)20(4)15-9-7-6-8-12(15)2/h6-9,11,17H,5,10H2,1-4H3. The molecule has 1 heterocycles. The molecule has 0 aliphatic rings. The van der Waals surface area contributed by atoms with Gasteiger partial charge in [0.25, 0.3) is 0 Å². The van der Waals surface area contributed by atoms with Gasteiger partial charge in [0.05, 0.1) is 0 Å². The number of nitrogens with zero attached hydrogens (tertiary/aromatic N) is 3. The van der Waals surface area contributed by atoms with Crippen molar-refractivity contribution in [1.82, 2.24) is 15.3 Å². The van der Waals surface area contributed by atoms with E-state index in [0.717, 1.165) is 36.0 Å². The van der Waals surface area contributed by atoms with Crippen molar-refractivity contribution in [3.8, 4) is 0 Å². The minimum atomic E-state index is 0.733. The molecule has 1 aromatic carbocycles. The molecule has 0 fully saturated rings. The third-order valence-corrected chi connectivity index (χ3v) is 3.41. The van der Waals surface area contributed by atoms with Crippen LogP contribution < -0.4 is 10.2 Å². The van der Waals surface area contributed by atoms with E-state index in [4.69, 9.17) is 0 Å². The largest absolute Gasteiger partial charge is 0.313 e. The molecule has 4 heteroatoms. The van der Waals surface area contributed by atoms with Crippen LogP contribution in [-0.4, -0.2) is 23.6 Å². The molecule has 0 saturated heterocycles. The van der Waals surface area contributed by atoms with Crippen LogP contribution >= 0.6 is 0 Å². The molecule has 2 aromatic rings. The highest BCUT2D eigenvalue weighted by atomic mass is 15.2. The molecule has 0 aliphatic heterocycles. The summed E-state index contributed by atoms with van der Waals surface area (Å²) in [4.78, 5) is 11.1. The van der Waals surface area contributed by atoms with E-state index >= 15 is 0 Å². The van der Waals surface area contributed by atoms with Gasteiger partial charge < -0.3 is 10.2 Å². The zero-order valence-electron chi connectivity index (χ0n) is 12.6. The first kappa shape index (κ1) is 14.5. The molecule has 0 bridgehead atoms. The Morgan fingerprint density at radius 2 is 1.95 bits per heavy atom. The summed E-state index contributed by atoms with van der Waals surface area (Å²) in [5.41, 5.74) is 4.52. The predicted octanol–water partition coefficient (Wildman–Crippen LogP) is 2.97. The predicted molar refractivity (Wildman–Crippen MR) is 83.4 cm³/mol. The molecular formula is C16H22N4. The number of nitrogens with one attached hydrogen (secondary N) is 1. The number of rotatable bonds is 5. The van der Waals surface area contributed by atoms with Gasteiger partial charge in [0, 0.05) is 36.7 Å². The van der Waals surface area contributed by atoms with Gasteiger partial charge in [-0.05, 0) is 32.0 Å². The Kier molecular flexibility index (Phi) is 4.69. The monoisotopic (exact) mass is 270 g/mol. The Morgan fingerprint density at radius 3 is 2.60 bits per heavy atom. The van der Waals surface area contributed by atoms with Crippen LogP contribution in [0.3, 0.4) is 0 Å². The molecular weight excluding hydrogens is 248 g/mol. The number of hydrogen-bond donors (Lipinski definition) is 1. The van der Waals surface area contributed by atoms with E-state index in [1.54, 1.807) is 0 Å². The molecule has 20 heavy (non-hydrogen) atoms. The molecule has 1 N–H and O–H groups in total. The van der Waals surface area contributed by atoms with E-state index in [1.807, 2.05) is 37.2 Å². The number of aryl methyl sites for hydroxylation is 2. The molecule has 2 rings (SSSR count). The minimum Gasteiger partial charge on any atom is -0.313 e. The van der Waals surface area contributed by atoms with E-state index in [1.165, 1.54) is 5.56 Å². The van der Waals surface area contributed by atoms with Gasteiger partial charge in [-0.15, -0.1) is 0 Å². The van der Waals surface area contributed by atoms with Crippen LogP contribution in [0.15, 0.2) is 30.5 Å². The Bertz CT molecular complexity index is 580. The van der Waals surface area contributed by atoms with Crippen molar-refractivity contribution in [3.05, 3.63) is 47.3 Å². The normalized spacial score (nSPS) is 10.6. The lowest BCUT2D eigenvalue weighted by atomic mass is 10.2. The number of benzene rings is 1. The van der Waals surface area contributed by atoms with Gasteiger partial charge in [-0.3, -0.25) is 0 Å². The maximum atomic E-state index is 4.62. The lowest BCUT2D eigenvalue weighted by molar-refractivity contribution is 0.715. The van der Waals surface area contributed by atoms with Gasteiger partial charge in [0.1, 0.15) is 0 Å². The zero-order valence-corrected chi connectivity index (χ0v) is 12.6. The first-order valence-electron chi connectivity index (χ1n) is 6.96. The van der Waals surface area contributed by atoms with Crippen molar-refractivity contribution >= 4 is 11.6 Å². The van der Waals surface area contributed by atoms with Crippen molar-refractivity contribution in [2.24, 2.45) is 0 Å². The van der Waals surface area contributed by atoms with Crippen LogP contribution in [0.1, 0.15) is 23.7 Å². The number of aromatic nitrogens is 2. The maximum absolute atomic E-state index is 4.62. The minimum absolute atomic E-state index is 0.733. The zero-order chi connectivity index (χ0) is 14.5. The van der Waals surface area contributed by atoms with Crippen LogP contribution in [0.4, 0.5) is 11.6 Å². The second-order valence-electron chi connectivity index (χ2n) is 4.91. The fourth-order valence-electron chi connectivity index (χ4n) is 2.12. The van der Waals surface area contributed by atoms with E-state index in [-0.39, 0.29) is 0 Å². The summed E-state index contributed by atoms with van der Waals surface area (Å²) >= 11 is 0. The summed E-state index contributed by atoms with van der Waals surface area (Å²) in [5.74, 6) is 0.733. The summed E-state index contributed by atoms with van der Waals surface area (Å²) in [6.07, 6.45) is 1.91. The third kappa shape index (κ3) is 3.14. The summed E-state index contributed by atoms with van der Waals surface area (Å²) in [6, 6.07) is 8.25. The van der Waals surface area contributed by atoms with E-state index < -0.39 is 0 Å².